The molecule has 0 fully saturated rings. The van der Waals surface area contributed by atoms with E-state index in [0.717, 1.165) is 0 Å². The van der Waals surface area contributed by atoms with Gasteiger partial charge in [0.1, 0.15) is 0 Å². The average molecular weight is 298 g/mol. The Kier molecular flexibility index (Phi) is 7.25. The van der Waals surface area contributed by atoms with Gasteiger partial charge in [0.25, 0.3) is 5.91 Å². The maximum atomic E-state index is 11.6. The van der Waals surface area contributed by atoms with Crippen molar-refractivity contribution in [1.82, 2.24) is 10.6 Å². The summed E-state index contributed by atoms with van der Waals surface area (Å²) >= 11 is 1.47. The molecule has 112 valence electrons. The predicted octanol–water partition coefficient (Wildman–Crippen LogP) is 1.39. The minimum atomic E-state index is -0.516. The summed E-state index contributed by atoms with van der Waals surface area (Å²) in [4.78, 5) is 23.1. The summed E-state index contributed by atoms with van der Waals surface area (Å²) in [6.07, 6.45) is 0.408. The zero-order valence-electron chi connectivity index (χ0n) is 11.9. The van der Waals surface area contributed by atoms with Gasteiger partial charge in [-0.05, 0) is 23.8 Å². The van der Waals surface area contributed by atoms with Crippen LogP contribution in [-0.4, -0.2) is 36.1 Å². The third-order valence-electron chi connectivity index (χ3n) is 2.93. The van der Waals surface area contributed by atoms with Crippen LogP contribution in [0.3, 0.4) is 0 Å². The minimum absolute atomic E-state index is 0.102. The van der Waals surface area contributed by atoms with E-state index in [9.17, 15) is 14.7 Å². The Hall–Kier alpha value is -1.40. The van der Waals surface area contributed by atoms with Crippen LogP contribution in [-0.2, 0) is 4.79 Å². The third kappa shape index (κ3) is 6.16. The maximum Gasteiger partial charge on any atom is 0.252 e. The number of hydrogen-bond acceptors (Lipinski definition) is 4. The highest BCUT2D eigenvalue weighted by Crippen LogP contribution is 2.05. The van der Waals surface area contributed by atoms with Gasteiger partial charge in [0.05, 0.1) is 6.10 Å². The number of amides is 2. The summed E-state index contributed by atoms with van der Waals surface area (Å²) in [5, 5.41) is 18.6. The van der Waals surface area contributed by atoms with Gasteiger partial charge in [-0.15, -0.1) is 0 Å². The minimum Gasteiger partial charge on any atom is -0.391 e. The van der Waals surface area contributed by atoms with Crippen molar-refractivity contribution in [3.8, 4) is 0 Å². The molecule has 1 atom stereocenters. The topological polar surface area (TPSA) is 78.4 Å². The molecule has 2 amide bonds. The number of thiophene rings is 1. The van der Waals surface area contributed by atoms with Crippen molar-refractivity contribution >= 4 is 23.2 Å². The maximum absolute atomic E-state index is 11.6. The highest BCUT2D eigenvalue weighted by atomic mass is 32.1. The molecule has 1 rings (SSSR count). The fraction of sp³-hybridized carbons (Fsp3) is 0.571. The van der Waals surface area contributed by atoms with E-state index in [4.69, 9.17) is 0 Å². The molecule has 1 aromatic heterocycles. The van der Waals surface area contributed by atoms with Crippen molar-refractivity contribution in [3.05, 3.63) is 22.4 Å². The summed E-state index contributed by atoms with van der Waals surface area (Å²) in [5.74, 6) is -0.0865. The second kappa shape index (κ2) is 8.71. The molecular formula is C14H22N2O3S. The highest BCUT2D eigenvalue weighted by Gasteiger charge is 2.10. The van der Waals surface area contributed by atoms with Crippen LogP contribution in [0.1, 0.15) is 37.0 Å². The van der Waals surface area contributed by atoms with E-state index in [1.807, 2.05) is 19.2 Å². The van der Waals surface area contributed by atoms with E-state index in [1.165, 1.54) is 11.3 Å². The number of rotatable bonds is 8. The van der Waals surface area contributed by atoms with Gasteiger partial charge in [-0.1, -0.05) is 13.8 Å². The Bertz CT molecular complexity index is 418. The van der Waals surface area contributed by atoms with Crippen LogP contribution in [0.15, 0.2) is 16.8 Å². The zero-order chi connectivity index (χ0) is 15.0. The lowest BCUT2D eigenvalue weighted by Crippen LogP contribution is -2.35. The standard InChI is InChI=1S/C14H22N2O3S/c1-10(2)12(17)8-16-13(18)4-3-6-15-14(19)11-5-7-20-9-11/h5,7,9-10,12,17H,3-4,6,8H2,1-2H3,(H,15,19)(H,16,18). The first-order chi connectivity index (χ1) is 9.50. The molecule has 0 radical (unpaired) electrons. The van der Waals surface area contributed by atoms with E-state index >= 15 is 0 Å². The van der Waals surface area contributed by atoms with Gasteiger partial charge in [-0.3, -0.25) is 9.59 Å². The fourth-order valence-electron chi connectivity index (χ4n) is 1.49. The van der Waals surface area contributed by atoms with Crippen molar-refractivity contribution in [2.75, 3.05) is 13.1 Å². The smallest absolute Gasteiger partial charge is 0.252 e. The Morgan fingerprint density at radius 2 is 2.10 bits per heavy atom. The van der Waals surface area contributed by atoms with E-state index in [-0.39, 0.29) is 24.3 Å². The van der Waals surface area contributed by atoms with Crippen molar-refractivity contribution in [1.29, 1.82) is 0 Å². The van der Waals surface area contributed by atoms with Gasteiger partial charge in [0.2, 0.25) is 5.91 Å². The molecule has 0 aliphatic rings. The highest BCUT2D eigenvalue weighted by molar-refractivity contribution is 7.08. The van der Waals surface area contributed by atoms with E-state index < -0.39 is 6.10 Å². The monoisotopic (exact) mass is 298 g/mol. The number of nitrogens with one attached hydrogen (secondary N) is 2. The molecule has 0 aliphatic carbocycles. The number of aliphatic hydroxyl groups excluding tert-OH is 1. The Balaban J connectivity index is 2.09. The van der Waals surface area contributed by atoms with Crippen LogP contribution >= 0.6 is 11.3 Å². The number of hydrogen-bond donors (Lipinski definition) is 3. The second-order valence-electron chi connectivity index (χ2n) is 4.99. The van der Waals surface area contributed by atoms with Gasteiger partial charge in [0.15, 0.2) is 0 Å². The molecule has 0 bridgehead atoms. The van der Waals surface area contributed by atoms with Crippen LogP contribution in [0.4, 0.5) is 0 Å². The van der Waals surface area contributed by atoms with E-state index in [1.54, 1.807) is 11.4 Å². The summed E-state index contributed by atoms with van der Waals surface area (Å²) in [5.41, 5.74) is 0.652. The van der Waals surface area contributed by atoms with Crippen molar-refractivity contribution in [2.45, 2.75) is 32.8 Å². The van der Waals surface area contributed by atoms with Gasteiger partial charge < -0.3 is 15.7 Å². The molecule has 1 unspecified atom stereocenters. The van der Waals surface area contributed by atoms with Gasteiger partial charge in [-0.2, -0.15) is 11.3 Å². The molecule has 0 aromatic carbocycles. The SMILES string of the molecule is CC(C)C(O)CNC(=O)CCCNC(=O)c1ccsc1. The summed E-state index contributed by atoms with van der Waals surface area (Å²) in [6, 6.07) is 1.76. The molecular weight excluding hydrogens is 276 g/mol. The summed E-state index contributed by atoms with van der Waals surface area (Å²) < 4.78 is 0. The molecule has 0 saturated carbocycles. The predicted molar refractivity (Wildman–Crippen MR) is 79.7 cm³/mol. The van der Waals surface area contributed by atoms with Crippen LogP contribution in [0, 0.1) is 5.92 Å². The molecule has 1 aromatic rings. The van der Waals surface area contributed by atoms with Crippen molar-refractivity contribution in [2.24, 2.45) is 5.92 Å². The fourth-order valence-corrected chi connectivity index (χ4v) is 2.13. The lowest BCUT2D eigenvalue weighted by molar-refractivity contribution is -0.121. The second-order valence-corrected chi connectivity index (χ2v) is 5.77. The molecule has 5 nitrogen and oxygen atoms in total. The number of aliphatic hydroxyl groups is 1. The molecule has 0 aliphatic heterocycles. The quantitative estimate of drug-likeness (QED) is 0.635. The Labute approximate surface area is 123 Å². The van der Waals surface area contributed by atoms with Crippen LogP contribution in [0.25, 0.3) is 0 Å². The molecule has 0 spiro atoms. The van der Waals surface area contributed by atoms with Crippen molar-refractivity contribution < 1.29 is 14.7 Å². The largest absolute Gasteiger partial charge is 0.391 e. The Morgan fingerprint density at radius 1 is 1.35 bits per heavy atom. The van der Waals surface area contributed by atoms with Gasteiger partial charge in [0, 0.05) is 30.5 Å². The normalized spacial score (nSPS) is 12.2. The van der Waals surface area contributed by atoms with Gasteiger partial charge >= 0.3 is 0 Å². The van der Waals surface area contributed by atoms with E-state index in [0.29, 0.717) is 24.9 Å². The molecule has 0 saturated heterocycles. The zero-order valence-corrected chi connectivity index (χ0v) is 12.7. The summed E-state index contributed by atoms with van der Waals surface area (Å²) in [6.45, 7) is 4.54. The molecule has 6 heteroatoms. The van der Waals surface area contributed by atoms with Crippen LogP contribution < -0.4 is 10.6 Å². The van der Waals surface area contributed by atoms with Crippen LogP contribution in [0.2, 0.25) is 0 Å². The third-order valence-corrected chi connectivity index (χ3v) is 3.61. The Morgan fingerprint density at radius 3 is 2.70 bits per heavy atom. The first-order valence-corrected chi connectivity index (χ1v) is 7.70. The lowest BCUT2D eigenvalue weighted by Gasteiger charge is -2.14. The molecule has 3 N–H and O–H groups in total. The lowest BCUT2D eigenvalue weighted by atomic mass is 10.1. The summed E-state index contributed by atoms with van der Waals surface area (Å²) in [7, 11) is 0. The van der Waals surface area contributed by atoms with E-state index in [2.05, 4.69) is 10.6 Å². The van der Waals surface area contributed by atoms with Crippen LogP contribution in [0.5, 0.6) is 0 Å². The first-order valence-electron chi connectivity index (χ1n) is 6.76. The molecule has 20 heavy (non-hydrogen) atoms. The van der Waals surface area contributed by atoms with Gasteiger partial charge in [-0.25, -0.2) is 0 Å². The number of carbonyl (C=O) groups is 2. The number of carbonyl (C=O) groups excluding carboxylic acids is 2. The van der Waals surface area contributed by atoms with Crippen molar-refractivity contribution in [3.63, 3.8) is 0 Å². The molecule has 1 heterocycles. The first kappa shape index (κ1) is 16.7. The average Bonchev–Trinajstić information content (AvgIpc) is 2.94.